The van der Waals surface area contributed by atoms with E-state index in [1.807, 2.05) is 11.7 Å². The van der Waals surface area contributed by atoms with Crippen molar-refractivity contribution in [3.8, 4) is 0 Å². The molecule has 2 N–H and O–H groups in total. The van der Waals surface area contributed by atoms with Crippen molar-refractivity contribution >= 4 is 27.3 Å². The Morgan fingerprint density at radius 3 is 2.94 bits per heavy atom. The van der Waals surface area contributed by atoms with E-state index < -0.39 is 0 Å². The van der Waals surface area contributed by atoms with Gasteiger partial charge in [-0.15, -0.1) is 11.3 Å². The van der Waals surface area contributed by atoms with Gasteiger partial charge in [0.15, 0.2) is 0 Å². The number of aryl methyl sites for hydroxylation is 2. The van der Waals surface area contributed by atoms with Gasteiger partial charge in [-0.2, -0.15) is 5.10 Å². The van der Waals surface area contributed by atoms with Gasteiger partial charge in [0.05, 0.1) is 22.4 Å². The van der Waals surface area contributed by atoms with Gasteiger partial charge in [0.2, 0.25) is 0 Å². The fourth-order valence-corrected chi connectivity index (χ4v) is 3.40. The average molecular weight is 300 g/mol. The summed E-state index contributed by atoms with van der Waals surface area (Å²) in [6.07, 6.45) is 2.80. The number of hydrogen-bond donors (Lipinski definition) is 1. The molecule has 2 aromatic rings. The van der Waals surface area contributed by atoms with Gasteiger partial charge < -0.3 is 5.73 Å². The first-order chi connectivity index (χ1) is 7.65. The molecule has 0 fully saturated rings. The van der Waals surface area contributed by atoms with Crippen LogP contribution in [0.1, 0.15) is 29.1 Å². The van der Waals surface area contributed by atoms with Crippen molar-refractivity contribution in [2.45, 2.75) is 19.4 Å². The Hall–Kier alpha value is -0.650. The summed E-state index contributed by atoms with van der Waals surface area (Å²) in [6.45, 7) is 2.15. The minimum atomic E-state index is -0.100. The number of hydrogen-bond acceptors (Lipinski definition) is 3. The third-order valence-electron chi connectivity index (χ3n) is 2.68. The molecule has 16 heavy (non-hydrogen) atoms. The lowest BCUT2D eigenvalue weighted by Gasteiger charge is -2.13. The molecule has 0 aliphatic rings. The second kappa shape index (κ2) is 4.69. The summed E-state index contributed by atoms with van der Waals surface area (Å²) in [5.74, 6) is 0. The van der Waals surface area contributed by atoms with Gasteiger partial charge in [-0.05, 0) is 39.4 Å². The molecule has 0 radical (unpaired) electrons. The highest BCUT2D eigenvalue weighted by molar-refractivity contribution is 9.10. The zero-order valence-corrected chi connectivity index (χ0v) is 11.7. The molecule has 2 aromatic heterocycles. The topological polar surface area (TPSA) is 43.8 Å². The molecular formula is C11H14BrN3S. The summed E-state index contributed by atoms with van der Waals surface area (Å²) in [6, 6.07) is 2.04. The molecule has 0 saturated carbocycles. The van der Waals surface area contributed by atoms with Gasteiger partial charge >= 0.3 is 0 Å². The number of nitrogens with zero attached hydrogens (tertiary/aromatic N) is 2. The number of thiophene rings is 1. The number of nitrogens with two attached hydrogens (primary N) is 1. The highest BCUT2D eigenvalue weighted by atomic mass is 79.9. The third-order valence-corrected chi connectivity index (χ3v) is 4.33. The molecule has 5 heteroatoms. The molecule has 0 aliphatic carbocycles. The summed E-state index contributed by atoms with van der Waals surface area (Å²) in [4.78, 5) is 1.23. The predicted molar refractivity (Wildman–Crippen MR) is 70.6 cm³/mol. The Kier molecular flexibility index (Phi) is 3.47. The Labute approximate surface area is 107 Å². The van der Waals surface area contributed by atoms with Crippen LogP contribution in [-0.2, 0) is 13.5 Å². The van der Waals surface area contributed by atoms with E-state index in [-0.39, 0.29) is 6.04 Å². The van der Waals surface area contributed by atoms with E-state index in [1.54, 1.807) is 17.5 Å². The average Bonchev–Trinajstić information content (AvgIpc) is 2.85. The Balaban J connectivity index is 2.43. The van der Waals surface area contributed by atoms with Crippen LogP contribution in [0.4, 0.5) is 0 Å². The molecule has 1 unspecified atom stereocenters. The van der Waals surface area contributed by atoms with Crippen molar-refractivity contribution < 1.29 is 0 Å². The zero-order chi connectivity index (χ0) is 11.7. The molecule has 2 heterocycles. The summed E-state index contributed by atoms with van der Waals surface area (Å²) >= 11 is 5.20. The lowest BCUT2D eigenvalue weighted by atomic mass is 10.1. The highest BCUT2D eigenvalue weighted by Gasteiger charge is 2.19. The van der Waals surface area contributed by atoms with Crippen LogP contribution in [0.3, 0.4) is 0 Å². The first kappa shape index (κ1) is 11.8. The Bertz CT molecular complexity index is 470. The van der Waals surface area contributed by atoms with E-state index in [2.05, 4.69) is 39.4 Å². The number of aromatic nitrogens is 2. The molecule has 0 spiro atoms. The van der Waals surface area contributed by atoms with Gasteiger partial charge in [-0.1, -0.05) is 6.92 Å². The van der Waals surface area contributed by atoms with Crippen LogP contribution in [0.2, 0.25) is 0 Å². The lowest BCUT2D eigenvalue weighted by molar-refractivity contribution is 0.674. The fourth-order valence-electron chi connectivity index (χ4n) is 1.81. The van der Waals surface area contributed by atoms with Crippen molar-refractivity contribution in [2.24, 2.45) is 12.8 Å². The third kappa shape index (κ3) is 1.95. The fraction of sp³-hybridized carbons (Fsp3) is 0.364. The Morgan fingerprint density at radius 1 is 1.62 bits per heavy atom. The molecule has 1 atom stereocenters. The van der Waals surface area contributed by atoms with Gasteiger partial charge in [-0.25, -0.2) is 0 Å². The van der Waals surface area contributed by atoms with Crippen LogP contribution >= 0.6 is 27.3 Å². The van der Waals surface area contributed by atoms with Gasteiger partial charge in [0.1, 0.15) is 0 Å². The van der Waals surface area contributed by atoms with Crippen LogP contribution in [0.15, 0.2) is 22.1 Å². The zero-order valence-electron chi connectivity index (χ0n) is 9.27. The minimum Gasteiger partial charge on any atom is -0.318 e. The summed E-state index contributed by atoms with van der Waals surface area (Å²) in [5, 5.41) is 6.29. The molecule has 2 rings (SSSR count). The van der Waals surface area contributed by atoms with Crippen molar-refractivity contribution in [1.29, 1.82) is 0 Å². The van der Waals surface area contributed by atoms with Gasteiger partial charge in [0, 0.05) is 11.9 Å². The van der Waals surface area contributed by atoms with E-state index >= 15 is 0 Å². The monoisotopic (exact) mass is 299 g/mol. The van der Waals surface area contributed by atoms with Crippen molar-refractivity contribution in [3.05, 3.63) is 38.3 Å². The van der Waals surface area contributed by atoms with Crippen LogP contribution in [-0.4, -0.2) is 9.78 Å². The van der Waals surface area contributed by atoms with Crippen LogP contribution in [0.5, 0.6) is 0 Å². The van der Waals surface area contributed by atoms with Gasteiger partial charge in [-0.3, -0.25) is 4.68 Å². The van der Waals surface area contributed by atoms with Gasteiger partial charge in [0.25, 0.3) is 0 Å². The largest absolute Gasteiger partial charge is 0.318 e. The Morgan fingerprint density at radius 2 is 2.38 bits per heavy atom. The molecule has 86 valence electrons. The second-order valence-electron chi connectivity index (χ2n) is 3.64. The van der Waals surface area contributed by atoms with E-state index in [1.165, 1.54) is 10.4 Å². The molecule has 0 saturated heterocycles. The van der Waals surface area contributed by atoms with Crippen LogP contribution in [0.25, 0.3) is 0 Å². The minimum absolute atomic E-state index is 0.100. The molecule has 0 aliphatic heterocycles. The highest BCUT2D eigenvalue weighted by Crippen LogP contribution is 2.31. The van der Waals surface area contributed by atoms with Crippen molar-refractivity contribution in [1.82, 2.24) is 9.78 Å². The lowest BCUT2D eigenvalue weighted by Crippen LogP contribution is -2.16. The summed E-state index contributed by atoms with van der Waals surface area (Å²) in [7, 11) is 1.92. The molecule has 3 nitrogen and oxygen atoms in total. The number of rotatable bonds is 3. The summed E-state index contributed by atoms with van der Waals surface area (Å²) in [5.41, 5.74) is 8.65. The molecule has 0 aromatic carbocycles. The second-order valence-corrected chi connectivity index (χ2v) is 5.44. The number of halogens is 1. The smallest absolute Gasteiger partial charge is 0.0831 e. The SMILES string of the molecule is CCc1ccsc1C(N)c1c(Br)cnn1C. The van der Waals surface area contributed by atoms with Crippen LogP contribution in [0, 0.1) is 0 Å². The maximum Gasteiger partial charge on any atom is 0.0831 e. The van der Waals surface area contributed by atoms with Crippen molar-refractivity contribution in [3.63, 3.8) is 0 Å². The molecular weight excluding hydrogens is 286 g/mol. The molecule has 0 amide bonds. The first-order valence-electron chi connectivity index (χ1n) is 5.14. The molecule has 0 bridgehead atoms. The standard InChI is InChI=1S/C11H14BrN3S/c1-3-7-4-5-16-11(7)9(13)10-8(12)6-14-15(10)2/h4-6,9H,3,13H2,1-2H3. The van der Waals surface area contributed by atoms with E-state index in [9.17, 15) is 0 Å². The summed E-state index contributed by atoms with van der Waals surface area (Å²) < 4.78 is 2.80. The quantitative estimate of drug-likeness (QED) is 0.947. The van der Waals surface area contributed by atoms with E-state index in [0.29, 0.717) is 0 Å². The van der Waals surface area contributed by atoms with Crippen LogP contribution < -0.4 is 5.73 Å². The first-order valence-corrected chi connectivity index (χ1v) is 6.81. The van der Waals surface area contributed by atoms with E-state index in [0.717, 1.165) is 16.6 Å². The maximum atomic E-state index is 6.30. The predicted octanol–water partition coefficient (Wildman–Crippen LogP) is 2.85. The van der Waals surface area contributed by atoms with Crippen molar-refractivity contribution in [2.75, 3.05) is 0 Å². The van der Waals surface area contributed by atoms with E-state index in [4.69, 9.17) is 5.73 Å². The normalized spacial score (nSPS) is 13.0. The maximum absolute atomic E-state index is 6.30.